The van der Waals surface area contributed by atoms with Gasteiger partial charge in [-0.3, -0.25) is 4.79 Å². The summed E-state index contributed by atoms with van der Waals surface area (Å²) >= 11 is 4.86. The van der Waals surface area contributed by atoms with Crippen LogP contribution in [0.25, 0.3) is 10.8 Å². The van der Waals surface area contributed by atoms with Gasteiger partial charge in [-0.2, -0.15) is 0 Å². The van der Waals surface area contributed by atoms with Gasteiger partial charge in [0.1, 0.15) is 0 Å². The molecule has 4 rings (SSSR count). The van der Waals surface area contributed by atoms with Crippen LogP contribution >= 0.6 is 27.7 Å². The standard InChI is InChI=1S/C20H16BrN5OS/c1-26-20(23-24-25-26)28-18-9-8-16(21)12-17(18)22-19(27)11-13-6-7-14-4-2-3-5-15(14)10-13/h2-10,12H,11H2,1H3,(H,22,27). The van der Waals surface area contributed by atoms with Gasteiger partial charge in [0.05, 0.1) is 12.1 Å². The van der Waals surface area contributed by atoms with Crippen molar-refractivity contribution in [3.63, 3.8) is 0 Å². The van der Waals surface area contributed by atoms with E-state index in [2.05, 4.69) is 55.0 Å². The Hall–Kier alpha value is -2.71. The van der Waals surface area contributed by atoms with Gasteiger partial charge in [-0.25, -0.2) is 4.68 Å². The molecule has 0 bridgehead atoms. The first-order valence-electron chi connectivity index (χ1n) is 8.56. The minimum atomic E-state index is -0.0775. The second kappa shape index (κ2) is 8.12. The van der Waals surface area contributed by atoms with E-state index >= 15 is 0 Å². The van der Waals surface area contributed by atoms with Crippen molar-refractivity contribution in [3.05, 3.63) is 70.7 Å². The average Bonchev–Trinajstić information content (AvgIpc) is 3.08. The number of hydrogen-bond acceptors (Lipinski definition) is 5. The maximum Gasteiger partial charge on any atom is 0.228 e. The molecule has 0 aliphatic heterocycles. The largest absolute Gasteiger partial charge is 0.325 e. The number of tetrazole rings is 1. The molecule has 4 aromatic rings. The van der Waals surface area contributed by atoms with Crippen molar-refractivity contribution >= 4 is 50.1 Å². The lowest BCUT2D eigenvalue weighted by atomic mass is 10.0. The number of amides is 1. The van der Waals surface area contributed by atoms with E-state index in [9.17, 15) is 4.79 Å². The number of nitrogens with one attached hydrogen (secondary N) is 1. The molecule has 0 unspecified atom stereocenters. The first-order valence-corrected chi connectivity index (χ1v) is 10.2. The summed E-state index contributed by atoms with van der Waals surface area (Å²) in [7, 11) is 1.78. The summed E-state index contributed by atoms with van der Waals surface area (Å²) < 4.78 is 2.47. The van der Waals surface area contributed by atoms with Gasteiger partial charge in [-0.15, -0.1) is 5.10 Å². The first-order chi connectivity index (χ1) is 13.6. The van der Waals surface area contributed by atoms with E-state index in [1.54, 1.807) is 11.7 Å². The molecule has 28 heavy (non-hydrogen) atoms. The predicted molar refractivity (Wildman–Crippen MR) is 113 cm³/mol. The van der Waals surface area contributed by atoms with Crippen LogP contribution in [0.1, 0.15) is 5.56 Å². The molecule has 1 N–H and O–H groups in total. The highest BCUT2D eigenvalue weighted by Gasteiger charge is 2.13. The number of halogens is 1. The molecule has 0 spiro atoms. The predicted octanol–water partition coefficient (Wildman–Crippen LogP) is 4.46. The molecule has 0 aliphatic carbocycles. The number of fused-ring (bicyclic) bond motifs is 1. The highest BCUT2D eigenvalue weighted by molar-refractivity contribution is 9.10. The van der Waals surface area contributed by atoms with Crippen LogP contribution in [0.4, 0.5) is 5.69 Å². The zero-order chi connectivity index (χ0) is 19.5. The highest BCUT2D eigenvalue weighted by atomic mass is 79.9. The minimum Gasteiger partial charge on any atom is -0.325 e. The summed E-state index contributed by atoms with van der Waals surface area (Å²) in [6.45, 7) is 0. The van der Waals surface area contributed by atoms with E-state index in [1.807, 2.05) is 42.5 Å². The molecular weight excluding hydrogens is 438 g/mol. The molecule has 1 heterocycles. The normalized spacial score (nSPS) is 10.9. The lowest BCUT2D eigenvalue weighted by Gasteiger charge is -2.11. The number of nitrogens with zero attached hydrogens (tertiary/aromatic N) is 4. The molecule has 0 radical (unpaired) electrons. The van der Waals surface area contributed by atoms with Gasteiger partial charge >= 0.3 is 0 Å². The second-order valence-corrected chi connectivity index (χ2v) is 8.16. The number of carbonyl (C=O) groups excluding carboxylic acids is 1. The summed E-state index contributed by atoms with van der Waals surface area (Å²) in [5.74, 6) is -0.0775. The van der Waals surface area contributed by atoms with Crippen molar-refractivity contribution in [1.29, 1.82) is 0 Å². The van der Waals surface area contributed by atoms with Gasteiger partial charge in [-0.05, 0) is 56.7 Å². The zero-order valence-corrected chi connectivity index (χ0v) is 17.4. The number of anilines is 1. The number of rotatable bonds is 5. The van der Waals surface area contributed by atoms with Crippen LogP contribution in [0.15, 0.2) is 75.2 Å². The topological polar surface area (TPSA) is 72.7 Å². The molecule has 140 valence electrons. The van der Waals surface area contributed by atoms with Crippen molar-refractivity contribution in [2.45, 2.75) is 16.5 Å². The van der Waals surface area contributed by atoms with Gasteiger partial charge in [0, 0.05) is 16.4 Å². The zero-order valence-electron chi connectivity index (χ0n) is 15.0. The van der Waals surface area contributed by atoms with Gasteiger partial charge in [-0.1, -0.05) is 58.4 Å². The Bertz CT molecular complexity index is 1160. The van der Waals surface area contributed by atoms with Gasteiger partial charge in [0.15, 0.2) is 0 Å². The third-order valence-corrected chi connectivity index (χ3v) is 5.77. The minimum absolute atomic E-state index is 0.0775. The Morgan fingerprint density at radius 2 is 1.93 bits per heavy atom. The smallest absolute Gasteiger partial charge is 0.228 e. The SMILES string of the molecule is Cn1nnnc1Sc1ccc(Br)cc1NC(=O)Cc1ccc2ccccc2c1. The molecule has 0 saturated carbocycles. The monoisotopic (exact) mass is 453 g/mol. The van der Waals surface area contributed by atoms with Crippen molar-refractivity contribution in [3.8, 4) is 0 Å². The van der Waals surface area contributed by atoms with Crippen LogP contribution < -0.4 is 5.32 Å². The number of aryl methyl sites for hydroxylation is 1. The van der Waals surface area contributed by atoms with Crippen molar-refractivity contribution in [2.24, 2.45) is 7.05 Å². The van der Waals surface area contributed by atoms with Crippen LogP contribution in [0.2, 0.25) is 0 Å². The molecule has 1 aromatic heterocycles. The van der Waals surface area contributed by atoms with Gasteiger partial charge < -0.3 is 5.32 Å². The average molecular weight is 454 g/mol. The van der Waals surface area contributed by atoms with Crippen LogP contribution in [0.5, 0.6) is 0 Å². The fraction of sp³-hybridized carbons (Fsp3) is 0.100. The molecule has 1 amide bonds. The molecule has 8 heteroatoms. The first kappa shape index (κ1) is 18.6. The van der Waals surface area contributed by atoms with Crippen LogP contribution in [-0.2, 0) is 18.3 Å². The summed E-state index contributed by atoms with van der Waals surface area (Å²) in [6.07, 6.45) is 0.299. The molecule has 0 atom stereocenters. The summed E-state index contributed by atoms with van der Waals surface area (Å²) in [5, 5.41) is 17.4. The van der Waals surface area contributed by atoms with E-state index in [-0.39, 0.29) is 5.91 Å². The maximum atomic E-state index is 12.7. The number of hydrogen-bond donors (Lipinski definition) is 1. The quantitative estimate of drug-likeness (QED) is 0.482. The Labute approximate surface area is 174 Å². The van der Waals surface area contributed by atoms with E-state index < -0.39 is 0 Å². The second-order valence-electron chi connectivity index (χ2n) is 6.23. The van der Waals surface area contributed by atoms with Crippen molar-refractivity contribution in [1.82, 2.24) is 20.2 Å². The van der Waals surface area contributed by atoms with Gasteiger partial charge in [0.2, 0.25) is 11.1 Å². The number of benzene rings is 3. The summed E-state index contributed by atoms with van der Waals surface area (Å²) in [4.78, 5) is 13.5. The lowest BCUT2D eigenvalue weighted by molar-refractivity contribution is -0.115. The van der Waals surface area contributed by atoms with Crippen molar-refractivity contribution in [2.75, 3.05) is 5.32 Å². The lowest BCUT2D eigenvalue weighted by Crippen LogP contribution is -2.15. The van der Waals surface area contributed by atoms with Gasteiger partial charge in [0.25, 0.3) is 0 Å². The molecular formula is C20H16BrN5OS. The van der Waals surface area contributed by atoms with E-state index in [0.717, 1.165) is 25.7 Å². The van der Waals surface area contributed by atoms with Crippen molar-refractivity contribution < 1.29 is 4.79 Å². The fourth-order valence-corrected chi connectivity index (χ4v) is 3.98. The summed E-state index contributed by atoms with van der Waals surface area (Å²) in [5.41, 5.74) is 1.69. The summed E-state index contributed by atoms with van der Waals surface area (Å²) in [6, 6.07) is 19.9. The Balaban J connectivity index is 1.53. The third kappa shape index (κ3) is 4.23. The fourth-order valence-electron chi connectivity index (χ4n) is 2.82. The molecule has 0 aliphatic rings. The molecule has 6 nitrogen and oxygen atoms in total. The molecule has 3 aromatic carbocycles. The van der Waals surface area contributed by atoms with E-state index in [0.29, 0.717) is 17.3 Å². The highest BCUT2D eigenvalue weighted by Crippen LogP contribution is 2.34. The van der Waals surface area contributed by atoms with Crippen LogP contribution in [-0.4, -0.2) is 26.1 Å². The van der Waals surface area contributed by atoms with Crippen LogP contribution in [0.3, 0.4) is 0 Å². The van der Waals surface area contributed by atoms with E-state index in [4.69, 9.17) is 0 Å². The van der Waals surface area contributed by atoms with Crippen LogP contribution in [0, 0.1) is 0 Å². The number of carbonyl (C=O) groups is 1. The molecule has 0 saturated heterocycles. The molecule has 0 fully saturated rings. The third-order valence-electron chi connectivity index (χ3n) is 4.18. The number of aromatic nitrogens is 4. The Morgan fingerprint density at radius 3 is 2.71 bits per heavy atom. The maximum absolute atomic E-state index is 12.7. The van der Waals surface area contributed by atoms with E-state index in [1.165, 1.54) is 11.8 Å². The Morgan fingerprint density at radius 1 is 1.11 bits per heavy atom. The Kier molecular flexibility index (Phi) is 5.40.